The second kappa shape index (κ2) is 8.51. The lowest BCUT2D eigenvalue weighted by Crippen LogP contribution is -2.51. The normalized spacial score (nSPS) is 20.1. The highest BCUT2D eigenvalue weighted by Crippen LogP contribution is 2.20. The Kier molecular flexibility index (Phi) is 7.33. The molecule has 1 aromatic carbocycles. The molecule has 1 heterocycles. The third-order valence-electron chi connectivity index (χ3n) is 4.50. The van der Waals surface area contributed by atoms with Crippen LogP contribution in [0.3, 0.4) is 0 Å². The molecular weight excluding hydrogens is 298 g/mol. The van der Waals surface area contributed by atoms with Gasteiger partial charge in [-0.15, -0.1) is 12.4 Å². The Hall–Kier alpha value is -1.10. The van der Waals surface area contributed by atoms with Crippen LogP contribution in [0, 0.1) is 13.8 Å². The van der Waals surface area contributed by atoms with E-state index >= 15 is 0 Å². The molecule has 2 atom stereocenters. The van der Waals surface area contributed by atoms with Crippen molar-refractivity contribution in [1.29, 1.82) is 0 Å². The molecule has 1 saturated heterocycles. The van der Waals surface area contributed by atoms with Gasteiger partial charge in [0.15, 0.2) is 0 Å². The van der Waals surface area contributed by atoms with Crippen LogP contribution in [-0.2, 0) is 4.79 Å². The maximum absolute atomic E-state index is 12.3. The number of anilines is 1. The standard InChI is InChI=1S/C17H27N3O.ClH/c1-12-7-6-8-15(13(12)2)19-17(21)11-20-10-5-4-9-16(20)14(3)18;/h6-8,14,16H,4-5,9-11,18H2,1-3H3,(H,19,21);1H. The number of hydrogen-bond acceptors (Lipinski definition) is 3. The average Bonchev–Trinajstić information content (AvgIpc) is 2.44. The smallest absolute Gasteiger partial charge is 0.238 e. The van der Waals surface area contributed by atoms with Crippen molar-refractivity contribution in [2.24, 2.45) is 5.73 Å². The fourth-order valence-electron chi connectivity index (χ4n) is 3.07. The Morgan fingerprint density at radius 3 is 2.82 bits per heavy atom. The molecule has 1 amide bonds. The van der Waals surface area contributed by atoms with E-state index in [0.717, 1.165) is 30.6 Å². The van der Waals surface area contributed by atoms with Crippen molar-refractivity contribution in [2.75, 3.05) is 18.4 Å². The SMILES string of the molecule is Cc1cccc(NC(=O)CN2CCCCC2C(C)N)c1C.Cl. The van der Waals surface area contributed by atoms with E-state index in [1.807, 2.05) is 26.0 Å². The Balaban J connectivity index is 0.00000242. The lowest BCUT2D eigenvalue weighted by Gasteiger charge is -2.37. The summed E-state index contributed by atoms with van der Waals surface area (Å²) < 4.78 is 0. The first kappa shape index (κ1) is 18.9. The average molecular weight is 326 g/mol. The fourth-order valence-corrected chi connectivity index (χ4v) is 3.07. The van der Waals surface area contributed by atoms with Gasteiger partial charge in [0.25, 0.3) is 0 Å². The Labute approximate surface area is 139 Å². The summed E-state index contributed by atoms with van der Waals surface area (Å²) in [6.07, 6.45) is 3.45. The number of hydrogen-bond donors (Lipinski definition) is 2. The molecule has 4 nitrogen and oxygen atoms in total. The molecule has 3 N–H and O–H groups in total. The van der Waals surface area contributed by atoms with Gasteiger partial charge in [-0.1, -0.05) is 18.6 Å². The molecule has 2 unspecified atom stereocenters. The summed E-state index contributed by atoms with van der Waals surface area (Å²) in [4.78, 5) is 14.5. The second-order valence-electron chi connectivity index (χ2n) is 6.19. The number of carbonyl (C=O) groups excluding carboxylic acids is 1. The molecule has 1 fully saturated rings. The van der Waals surface area contributed by atoms with Crippen LogP contribution >= 0.6 is 12.4 Å². The van der Waals surface area contributed by atoms with Crippen molar-refractivity contribution in [2.45, 2.75) is 52.1 Å². The third-order valence-corrected chi connectivity index (χ3v) is 4.50. The second-order valence-corrected chi connectivity index (χ2v) is 6.19. The molecular formula is C17H28ClN3O. The number of amides is 1. The molecule has 124 valence electrons. The van der Waals surface area contributed by atoms with Gasteiger partial charge in [-0.25, -0.2) is 0 Å². The minimum atomic E-state index is 0. The van der Waals surface area contributed by atoms with Crippen molar-refractivity contribution in [3.63, 3.8) is 0 Å². The molecule has 2 rings (SSSR count). The number of likely N-dealkylation sites (tertiary alicyclic amines) is 1. The van der Waals surface area contributed by atoms with Gasteiger partial charge in [0.1, 0.15) is 0 Å². The highest BCUT2D eigenvalue weighted by Gasteiger charge is 2.26. The highest BCUT2D eigenvalue weighted by atomic mass is 35.5. The summed E-state index contributed by atoms with van der Waals surface area (Å²) in [7, 11) is 0. The molecule has 0 bridgehead atoms. The van der Waals surface area contributed by atoms with E-state index in [0.29, 0.717) is 12.6 Å². The maximum Gasteiger partial charge on any atom is 0.238 e. The molecule has 1 aliphatic heterocycles. The molecule has 0 spiro atoms. The molecule has 5 heteroatoms. The van der Waals surface area contributed by atoms with Gasteiger partial charge in [-0.3, -0.25) is 9.69 Å². The van der Waals surface area contributed by atoms with Gasteiger partial charge in [0.05, 0.1) is 6.54 Å². The topological polar surface area (TPSA) is 58.4 Å². The zero-order valence-corrected chi connectivity index (χ0v) is 14.6. The minimum absolute atomic E-state index is 0. The van der Waals surface area contributed by atoms with Gasteiger partial charge in [0.2, 0.25) is 5.91 Å². The monoisotopic (exact) mass is 325 g/mol. The molecule has 1 aromatic rings. The van der Waals surface area contributed by atoms with Crippen molar-refractivity contribution in [1.82, 2.24) is 4.90 Å². The van der Waals surface area contributed by atoms with Gasteiger partial charge >= 0.3 is 0 Å². The summed E-state index contributed by atoms with van der Waals surface area (Å²) in [6, 6.07) is 6.42. The van der Waals surface area contributed by atoms with Crippen LogP contribution < -0.4 is 11.1 Å². The van der Waals surface area contributed by atoms with Crippen LogP contribution in [-0.4, -0.2) is 36.0 Å². The Bertz CT molecular complexity index is 505. The number of halogens is 1. The number of nitrogens with two attached hydrogens (primary N) is 1. The van der Waals surface area contributed by atoms with E-state index < -0.39 is 0 Å². The Morgan fingerprint density at radius 1 is 1.41 bits per heavy atom. The van der Waals surface area contributed by atoms with Crippen LogP contribution in [0.5, 0.6) is 0 Å². The molecule has 0 aromatic heterocycles. The van der Waals surface area contributed by atoms with Gasteiger partial charge in [-0.05, 0) is 57.4 Å². The highest BCUT2D eigenvalue weighted by molar-refractivity contribution is 5.93. The minimum Gasteiger partial charge on any atom is -0.327 e. The third kappa shape index (κ3) is 4.70. The van der Waals surface area contributed by atoms with Gasteiger partial charge in [0, 0.05) is 17.8 Å². The van der Waals surface area contributed by atoms with Crippen molar-refractivity contribution < 1.29 is 4.79 Å². The predicted molar refractivity (Wildman–Crippen MR) is 94.7 cm³/mol. The summed E-state index contributed by atoms with van der Waals surface area (Å²) in [5.74, 6) is 0.0521. The quantitative estimate of drug-likeness (QED) is 0.895. The number of benzene rings is 1. The number of aryl methyl sites for hydroxylation is 1. The first-order valence-corrected chi connectivity index (χ1v) is 7.84. The number of rotatable bonds is 4. The number of piperidine rings is 1. The number of nitrogens with one attached hydrogen (secondary N) is 1. The zero-order valence-electron chi connectivity index (χ0n) is 13.8. The lowest BCUT2D eigenvalue weighted by molar-refractivity contribution is -0.118. The first-order valence-electron chi connectivity index (χ1n) is 7.84. The molecule has 22 heavy (non-hydrogen) atoms. The van der Waals surface area contributed by atoms with E-state index in [4.69, 9.17) is 5.73 Å². The van der Waals surface area contributed by atoms with E-state index in [1.165, 1.54) is 12.0 Å². The first-order chi connectivity index (χ1) is 9.99. The van der Waals surface area contributed by atoms with E-state index in [1.54, 1.807) is 0 Å². The van der Waals surface area contributed by atoms with Gasteiger partial charge in [-0.2, -0.15) is 0 Å². The summed E-state index contributed by atoms with van der Waals surface area (Å²) >= 11 is 0. The predicted octanol–water partition coefficient (Wildman–Crippen LogP) is 2.87. The fraction of sp³-hybridized carbons (Fsp3) is 0.588. The molecule has 1 aliphatic rings. The lowest BCUT2D eigenvalue weighted by atomic mass is 9.97. The zero-order chi connectivity index (χ0) is 15.4. The Morgan fingerprint density at radius 2 is 2.14 bits per heavy atom. The number of nitrogens with zero attached hydrogens (tertiary/aromatic N) is 1. The van der Waals surface area contributed by atoms with E-state index in [-0.39, 0.29) is 24.4 Å². The summed E-state index contributed by atoms with van der Waals surface area (Å²) in [5.41, 5.74) is 9.29. The van der Waals surface area contributed by atoms with Crippen LogP contribution in [0.1, 0.15) is 37.3 Å². The molecule has 0 radical (unpaired) electrons. The van der Waals surface area contributed by atoms with Crippen molar-refractivity contribution in [3.05, 3.63) is 29.3 Å². The van der Waals surface area contributed by atoms with Crippen molar-refractivity contribution >= 4 is 24.0 Å². The molecule has 0 saturated carbocycles. The largest absolute Gasteiger partial charge is 0.327 e. The van der Waals surface area contributed by atoms with Crippen LogP contribution in [0.25, 0.3) is 0 Å². The van der Waals surface area contributed by atoms with Gasteiger partial charge < -0.3 is 11.1 Å². The number of carbonyl (C=O) groups is 1. The maximum atomic E-state index is 12.3. The van der Waals surface area contributed by atoms with Crippen LogP contribution in [0.2, 0.25) is 0 Å². The van der Waals surface area contributed by atoms with Crippen LogP contribution in [0.4, 0.5) is 5.69 Å². The van der Waals surface area contributed by atoms with Crippen molar-refractivity contribution in [3.8, 4) is 0 Å². The van der Waals surface area contributed by atoms with E-state index in [2.05, 4.69) is 23.2 Å². The van der Waals surface area contributed by atoms with E-state index in [9.17, 15) is 4.79 Å². The summed E-state index contributed by atoms with van der Waals surface area (Å²) in [6.45, 7) is 7.52. The van der Waals surface area contributed by atoms with Crippen LogP contribution in [0.15, 0.2) is 18.2 Å². The summed E-state index contributed by atoms with van der Waals surface area (Å²) in [5, 5.41) is 3.04. The molecule has 0 aliphatic carbocycles.